The molecule has 2 rings (SSSR count). The second-order valence-electron chi connectivity index (χ2n) is 4.26. The number of methoxy groups -OCH3 is 1. The summed E-state index contributed by atoms with van der Waals surface area (Å²) in [6.45, 7) is 1.51. The Morgan fingerprint density at radius 2 is 1.85 bits per heavy atom. The van der Waals surface area contributed by atoms with Crippen LogP contribution in [0.5, 0.6) is 0 Å². The molecule has 0 fully saturated rings. The Morgan fingerprint density at radius 1 is 1.25 bits per heavy atom. The van der Waals surface area contributed by atoms with E-state index in [2.05, 4.69) is 15.4 Å². The average Bonchev–Trinajstić information content (AvgIpc) is 2.35. The van der Waals surface area contributed by atoms with Crippen LogP contribution in [0.1, 0.15) is 18.5 Å². The monoisotopic (exact) mass is 282 g/mol. The fourth-order valence-electron chi connectivity index (χ4n) is 2.07. The van der Waals surface area contributed by atoms with Gasteiger partial charge in [0.05, 0.1) is 18.7 Å². The number of allylic oxidation sites excluding steroid dienone is 1. The van der Waals surface area contributed by atoms with Crippen molar-refractivity contribution >= 4 is 12.0 Å². The van der Waals surface area contributed by atoms with Gasteiger partial charge in [0.2, 0.25) is 0 Å². The minimum absolute atomic E-state index is 0.0945. The van der Waals surface area contributed by atoms with E-state index in [1.165, 1.54) is 14.0 Å². The summed E-state index contributed by atoms with van der Waals surface area (Å²) < 4.78 is 31.2. The zero-order chi connectivity index (χ0) is 14.9. The number of rotatable bonds is 2. The Balaban J connectivity index is 2.53. The smallest absolute Gasteiger partial charge is 0.337 e. The molecular formula is C13H12F2N2O3. The Bertz CT molecular complexity index is 593. The number of urea groups is 1. The van der Waals surface area contributed by atoms with Crippen LogP contribution in [-0.2, 0) is 9.53 Å². The summed E-state index contributed by atoms with van der Waals surface area (Å²) in [5, 5.41) is 4.86. The number of hydrogen-bond acceptors (Lipinski definition) is 3. The molecule has 5 nitrogen and oxygen atoms in total. The molecule has 0 spiro atoms. The molecule has 0 saturated heterocycles. The number of amides is 2. The first kappa shape index (κ1) is 14.0. The van der Waals surface area contributed by atoms with E-state index in [9.17, 15) is 18.4 Å². The molecule has 0 saturated carbocycles. The van der Waals surface area contributed by atoms with Crippen LogP contribution in [0, 0.1) is 11.6 Å². The molecule has 0 bridgehead atoms. The first-order valence-electron chi connectivity index (χ1n) is 5.75. The van der Waals surface area contributed by atoms with Gasteiger partial charge in [-0.15, -0.1) is 0 Å². The molecule has 106 valence electrons. The second-order valence-corrected chi connectivity index (χ2v) is 4.26. The number of carbonyl (C=O) groups is 2. The third-order valence-electron chi connectivity index (χ3n) is 2.89. The van der Waals surface area contributed by atoms with Crippen LogP contribution < -0.4 is 10.6 Å². The SMILES string of the molecule is COC(=O)C1=C(C)NC(=O)N[C@@H]1c1cc(F)cc(F)c1. The fraction of sp³-hybridized carbons (Fsp3) is 0.231. The maximum atomic E-state index is 13.3. The molecule has 0 aromatic heterocycles. The predicted octanol–water partition coefficient (Wildman–Crippen LogP) is 1.77. The lowest BCUT2D eigenvalue weighted by molar-refractivity contribution is -0.136. The van der Waals surface area contributed by atoms with Gasteiger partial charge in [-0.05, 0) is 24.6 Å². The summed E-state index contributed by atoms with van der Waals surface area (Å²) in [4.78, 5) is 23.3. The summed E-state index contributed by atoms with van der Waals surface area (Å²) in [7, 11) is 1.18. The number of ether oxygens (including phenoxy) is 1. The number of hydrogen-bond donors (Lipinski definition) is 2. The van der Waals surface area contributed by atoms with Crippen molar-refractivity contribution in [3.8, 4) is 0 Å². The maximum Gasteiger partial charge on any atom is 0.337 e. The number of halogens is 2. The van der Waals surface area contributed by atoms with Gasteiger partial charge in [-0.25, -0.2) is 18.4 Å². The Labute approximate surface area is 113 Å². The van der Waals surface area contributed by atoms with Crippen molar-refractivity contribution in [3.63, 3.8) is 0 Å². The highest BCUT2D eigenvalue weighted by Crippen LogP contribution is 2.28. The van der Waals surface area contributed by atoms with Gasteiger partial charge in [-0.2, -0.15) is 0 Å². The van der Waals surface area contributed by atoms with Crippen molar-refractivity contribution < 1.29 is 23.1 Å². The summed E-state index contributed by atoms with van der Waals surface area (Å²) in [5.74, 6) is -2.28. The molecule has 1 aliphatic heterocycles. The van der Waals surface area contributed by atoms with Gasteiger partial charge in [0, 0.05) is 11.8 Å². The minimum atomic E-state index is -0.971. The highest BCUT2D eigenvalue weighted by molar-refractivity contribution is 5.94. The van der Waals surface area contributed by atoms with Crippen LogP contribution in [0.2, 0.25) is 0 Å². The van der Waals surface area contributed by atoms with E-state index in [4.69, 9.17) is 0 Å². The standard InChI is InChI=1S/C13H12F2N2O3/c1-6-10(12(18)20-2)11(17-13(19)16-6)7-3-8(14)5-9(15)4-7/h3-5,11H,1-2H3,(H2,16,17,19)/t11-/m1/s1. The lowest BCUT2D eigenvalue weighted by Gasteiger charge is -2.27. The van der Waals surface area contributed by atoms with E-state index in [0.29, 0.717) is 6.07 Å². The van der Waals surface area contributed by atoms with Crippen molar-refractivity contribution in [2.45, 2.75) is 13.0 Å². The zero-order valence-electron chi connectivity index (χ0n) is 10.8. The molecule has 0 aliphatic carbocycles. The van der Waals surface area contributed by atoms with E-state index >= 15 is 0 Å². The molecule has 1 atom stereocenters. The molecule has 2 amide bonds. The lowest BCUT2D eigenvalue weighted by atomic mass is 9.95. The van der Waals surface area contributed by atoms with Gasteiger partial charge >= 0.3 is 12.0 Å². The van der Waals surface area contributed by atoms with E-state index < -0.39 is 29.7 Å². The molecule has 0 unspecified atom stereocenters. The van der Waals surface area contributed by atoms with E-state index in [1.807, 2.05) is 0 Å². The molecule has 7 heteroatoms. The fourth-order valence-corrected chi connectivity index (χ4v) is 2.07. The first-order valence-corrected chi connectivity index (χ1v) is 5.75. The summed E-state index contributed by atoms with van der Waals surface area (Å²) in [5.41, 5.74) is 0.490. The van der Waals surface area contributed by atoms with Gasteiger partial charge < -0.3 is 15.4 Å². The average molecular weight is 282 g/mol. The summed E-state index contributed by atoms with van der Waals surface area (Å²) >= 11 is 0. The van der Waals surface area contributed by atoms with Crippen LogP contribution in [0.15, 0.2) is 29.5 Å². The van der Waals surface area contributed by atoms with E-state index in [-0.39, 0.29) is 16.8 Å². The molecule has 2 N–H and O–H groups in total. The molecule has 0 radical (unpaired) electrons. The lowest BCUT2D eigenvalue weighted by Crippen LogP contribution is -2.45. The largest absolute Gasteiger partial charge is 0.466 e. The first-order chi connectivity index (χ1) is 9.42. The minimum Gasteiger partial charge on any atom is -0.466 e. The topological polar surface area (TPSA) is 67.4 Å². The van der Waals surface area contributed by atoms with Crippen LogP contribution in [0.3, 0.4) is 0 Å². The van der Waals surface area contributed by atoms with Crippen molar-refractivity contribution in [2.24, 2.45) is 0 Å². The summed E-state index contributed by atoms with van der Waals surface area (Å²) in [6.07, 6.45) is 0. The number of carbonyl (C=O) groups excluding carboxylic acids is 2. The third kappa shape index (κ3) is 2.61. The third-order valence-corrected chi connectivity index (χ3v) is 2.89. The van der Waals surface area contributed by atoms with Gasteiger partial charge in [0.25, 0.3) is 0 Å². The molecular weight excluding hydrogens is 270 g/mol. The van der Waals surface area contributed by atoms with Crippen LogP contribution in [-0.4, -0.2) is 19.1 Å². The quantitative estimate of drug-likeness (QED) is 0.812. The highest BCUT2D eigenvalue weighted by atomic mass is 19.1. The summed E-state index contributed by atoms with van der Waals surface area (Å²) in [6, 6.07) is 1.28. The van der Waals surface area contributed by atoms with Gasteiger partial charge in [0.15, 0.2) is 0 Å². The molecule has 1 aliphatic rings. The van der Waals surface area contributed by atoms with Crippen molar-refractivity contribution in [3.05, 3.63) is 46.7 Å². The van der Waals surface area contributed by atoms with E-state index in [1.54, 1.807) is 0 Å². The van der Waals surface area contributed by atoms with Crippen molar-refractivity contribution in [1.82, 2.24) is 10.6 Å². The normalized spacial score (nSPS) is 18.4. The molecule has 1 aromatic carbocycles. The van der Waals surface area contributed by atoms with Gasteiger partial charge in [-0.3, -0.25) is 0 Å². The molecule has 1 aromatic rings. The molecule has 1 heterocycles. The van der Waals surface area contributed by atoms with Crippen LogP contribution in [0.4, 0.5) is 13.6 Å². The van der Waals surface area contributed by atoms with Gasteiger partial charge in [-0.1, -0.05) is 0 Å². The van der Waals surface area contributed by atoms with E-state index in [0.717, 1.165) is 12.1 Å². The number of nitrogens with one attached hydrogen (secondary N) is 2. The predicted molar refractivity (Wildman–Crippen MR) is 65.5 cm³/mol. The van der Waals surface area contributed by atoms with Crippen molar-refractivity contribution in [2.75, 3.05) is 7.11 Å². The van der Waals surface area contributed by atoms with Crippen LogP contribution in [0.25, 0.3) is 0 Å². The number of esters is 1. The van der Waals surface area contributed by atoms with Gasteiger partial charge in [0.1, 0.15) is 11.6 Å². The number of benzene rings is 1. The zero-order valence-corrected chi connectivity index (χ0v) is 10.8. The Morgan fingerprint density at radius 3 is 2.40 bits per heavy atom. The maximum absolute atomic E-state index is 13.3. The molecule has 20 heavy (non-hydrogen) atoms. The Kier molecular flexibility index (Phi) is 3.69. The van der Waals surface area contributed by atoms with Crippen LogP contribution >= 0.6 is 0 Å². The highest BCUT2D eigenvalue weighted by Gasteiger charge is 2.32. The Hall–Kier alpha value is -2.44. The second kappa shape index (κ2) is 5.28. The van der Waals surface area contributed by atoms with Crippen molar-refractivity contribution in [1.29, 1.82) is 0 Å².